The van der Waals surface area contributed by atoms with Crippen LogP contribution in [-0.4, -0.2) is 19.1 Å². The highest BCUT2D eigenvalue weighted by atomic mass is 16.5. The van der Waals surface area contributed by atoms with E-state index in [1.165, 1.54) is 11.1 Å². The standard InChI is InChI=1S/C18H19NO3/c1-12-3-9-16-13(11-12)4-10-17(22-16)18(20)19-14-5-7-15(21-2)8-6-14/h3,5-9,11,17H,4,10H2,1-2H3,(H,19,20). The predicted octanol–water partition coefficient (Wildman–Crippen LogP) is 3.34. The molecule has 1 N–H and O–H groups in total. The lowest BCUT2D eigenvalue weighted by molar-refractivity contribution is -0.123. The fourth-order valence-corrected chi connectivity index (χ4v) is 2.60. The fourth-order valence-electron chi connectivity index (χ4n) is 2.60. The van der Waals surface area contributed by atoms with Crippen molar-refractivity contribution in [1.82, 2.24) is 0 Å². The summed E-state index contributed by atoms with van der Waals surface area (Å²) in [6.07, 6.45) is 1.10. The Hall–Kier alpha value is -2.49. The number of fused-ring (bicyclic) bond motifs is 1. The summed E-state index contributed by atoms with van der Waals surface area (Å²) in [5.74, 6) is 1.46. The molecule has 1 unspecified atom stereocenters. The Bertz CT molecular complexity index is 679. The average Bonchev–Trinajstić information content (AvgIpc) is 2.55. The molecule has 1 amide bonds. The van der Waals surface area contributed by atoms with Gasteiger partial charge in [0.05, 0.1) is 7.11 Å². The molecule has 1 aliphatic heterocycles. The molecular weight excluding hydrogens is 278 g/mol. The van der Waals surface area contributed by atoms with Crippen molar-refractivity contribution in [3.63, 3.8) is 0 Å². The summed E-state index contributed by atoms with van der Waals surface area (Å²) in [6.45, 7) is 2.06. The smallest absolute Gasteiger partial charge is 0.265 e. The number of hydrogen-bond acceptors (Lipinski definition) is 3. The van der Waals surface area contributed by atoms with Crippen molar-refractivity contribution in [2.45, 2.75) is 25.9 Å². The van der Waals surface area contributed by atoms with Crippen molar-refractivity contribution in [2.24, 2.45) is 0 Å². The van der Waals surface area contributed by atoms with E-state index >= 15 is 0 Å². The second kappa shape index (κ2) is 6.10. The molecule has 1 aliphatic rings. The van der Waals surface area contributed by atoms with Crippen molar-refractivity contribution < 1.29 is 14.3 Å². The van der Waals surface area contributed by atoms with Crippen molar-refractivity contribution in [3.05, 3.63) is 53.6 Å². The van der Waals surface area contributed by atoms with Gasteiger partial charge in [-0.15, -0.1) is 0 Å². The van der Waals surface area contributed by atoms with Crippen LogP contribution in [0.15, 0.2) is 42.5 Å². The summed E-state index contributed by atoms with van der Waals surface area (Å²) in [5.41, 5.74) is 3.13. The van der Waals surface area contributed by atoms with Gasteiger partial charge in [-0.25, -0.2) is 0 Å². The van der Waals surface area contributed by atoms with E-state index in [4.69, 9.17) is 9.47 Å². The number of aryl methyl sites for hydroxylation is 2. The molecule has 0 aliphatic carbocycles. The molecule has 0 saturated heterocycles. The minimum atomic E-state index is -0.447. The number of nitrogens with one attached hydrogen (secondary N) is 1. The van der Waals surface area contributed by atoms with Crippen LogP contribution < -0.4 is 14.8 Å². The highest BCUT2D eigenvalue weighted by Gasteiger charge is 2.26. The fraction of sp³-hybridized carbons (Fsp3) is 0.278. The first-order valence-corrected chi connectivity index (χ1v) is 7.37. The highest BCUT2D eigenvalue weighted by molar-refractivity contribution is 5.94. The van der Waals surface area contributed by atoms with E-state index in [2.05, 4.69) is 18.3 Å². The Balaban J connectivity index is 1.67. The molecule has 114 valence electrons. The van der Waals surface area contributed by atoms with Gasteiger partial charge < -0.3 is 14.8 Å². The third-order valence-corrected chi connectivity index (χ3v) is 3.81. The molecule has 2 aromatic rings. The molecule has 22 heavy (non-hydrogen) atoms. The van der Waals surface area contributed by atoms with Gasteiger partial charge in [-0.3, -0.25) is 4.79 Å². The third kappa shape index (κ3) is 3.06. The van der Waals surface area contributed by atoms with Crippen LogP contribution >= 0.6 is 0 Å². The number of ether oxygens (including phenoxy) is 2. The monoisotopic (exact) mass is 297 g/mol. The van der Waals surface area contributed by atoms with Gasteiger partial charge in [0.25, 0.3) is 5.91 Å². The van der Waals surface area contributed by atoms with Gasteiger partial charge in [0.2, 0.25) is 0 Å². The zero-order valence-corrected chi connectivity index (χ0v) is 12.8. The molecule has 0 radical (unpaired) electrons. The molecule has 0 saturated carbocycles. The lowest BCUT2D eigenvalue weighted by Gasteiger charge is -2.25. The molecule has 4 heteroatoms. The summed E-state index contributed by atoms with van der Waals surface area (Å²) in [5, 5.41) is 2.89. The minimum absolute atomic E-state index is 0.114. The Labute approximate surface area is 130 Å². The first-order chi connectivity index (χ1) is 10.7. The molecule has 3 rings (SSSR count). The largest absolute Gasteiger partial charge is 0.497 e. The van der Waals surface area contributed by atoms with Gasteiger partial charge in [0.1, 0.15) is 11.5 Å². The number of anilines is 1. The second-order valence-corrected chi connectivity index (χ2v) is 5.47. The quantitative estimate of drug-likeness (QED) is 0.945. The SMILES string of the molecule is COc1ccc(NC(=O)C2CCc3cc(C)ccc3O2)cc1. The first kappa shape index (κ1) is 14.4. The molecule has 0 spiro atoms. The number of benzene rings is 2. The zero-order chi connectivity index (χ0) is 15.5. The number of methoxy groups -OCH3 is 1. The molecule has 0 bridgehead atoms. The van der Waals surface area contributed by atoms with E-state index < -0.39 is 6.10 Å². The number of hydrogen-bond donors (Lipinski definition) is 1. The molecule has 1 atom stereocenters. The Morgan fingerprint density at radius 2 is 2.00 bits per heavy atom. The zero-order valence-electron chi connectivity index (χ0n) is 12.8. The topological polar surface area (TPSA) is 47.6 Å². The van der Waals surface area contributed by atoms with Crippen LogP contribution in [0, 0.1) is 6.92 Å². The van der Waals surface area contributed by atoms with Crippen LogP contribution in [-0.2, 0) is 11.2 Å². The van der Waals surface area contributed by atoms with E-state index in [0.717, 1.165) is 23.6 Å². The Morgan fingerprint density at radius 3 is 2.73 bits per heavy atom. The van der Waals surface area contributed by atoms with Gasteiger partial charge in [-0.05, 0) is 55.7 Å². The summed E-state index contributed by atoms with van der Waals surface area (Å²) < 4.78 is 10.9. The van der Waals surface area contributed by atoms with E-state index in [1.807, 2.05) is 36.4 Å². The molecular formula is C18H19NO3. The van der Waals surface area contributed by atoms with Crippen LogP contribution in [0.2, 0.25) is 0 Å². The summed E-state index contributed by atoms with van der Waals surface area (Å²) in [4.78, 5) is 12.3. The van der Waals surface area contributed by atoms with E-state index in [9.17, 15) is 4.79 Å². The van der Waals surface area contributed by atoms with Gasteiger partial charge in [-0.2, -0.15) is 0 Å². The number of carbonyl (C=O) groups is 1. The van der Waals surface area contributed by atoms with Crippen LogP contribution in [0.5, 0.6) is 11.5 Å². The number of amides is 1. The summed E-state index contributed by atoms with van der Waals surface area (Å²) in [6, 6.07) is 13.3. The molecule has 0 fully saturated rings. The number of carbonyl (C=O) groups excluding carboxylic acids is 1. The first-order valence-electron chi connectivity index (χ1n) is 7.37. The van der Waals surface area contributed by atoms with Crippen molar-refractivity contribution >= 4 is 11.6 Å². The van der Waals surface area contributed by atoms with Crippen LogP contribution in [0.3, 0.4) is 0 Å². The van der Waals surface area contributed by atoms with Gasteiger partial charge in [-0.1, -0.05) is 17.7 Å². The maximum atomic E-state index is 12.3. The molecule has 2 aromatic carbocycles. The average molecular weight is 297 g/mol. The lowest BCUT2D eigenvalue weighted by Crippen LogP contribution is -2.35. The third-order valence-electron chi connectivity index (χ3n) is 3.81. The summed E-state index contributed by atoms with van der Waals surface area (Å²) in [7, 11) is 1.61. The van der Waals surface area contributed by atoms with Crippen LogP contribution in [0.25, 0.3) is 0 Å². The van der Waals surface area contributed by atoms with Crippen molar-refractivity contribution in [3.8, 4) is 11.5 Å². The van der Waals surface area contributed by atoms with Crippen LogP contribution in [0.1, 0.15) is 17.5 Å². The Morgan fingerprint density at radius 1 is 1.23 bits per heavy atom. The van der Waals surface area contributed by atoms with Crippen LogP contribution in [0.4, 0.5) is 5.69 Å². The Kier molecular flexibility index (Phi) is 4.00. The summed E-state index contributed by atoms with van der Waals surface area (Å²) >= 11 is 0. The van der Waals surface area contributed by atoms with Crippen molar-refractivity contribution in [1.29, 1.82) is 0 Å². The number of rotatable bonds is 3. The predicted molar refractivity (Wildman–Crippen MR) is 85.5 cm³/mol. The van der Waals surface area contributed by atoms with E-state index in [-0.39, 0.29) is 5.91 Å². The highest BCUT2D eigenvalue weighted by Crippen LogP contribution is 2.29. The molecule has 4 nitrogen and oxygen atoms in total. The van der Waals surface area contributed by atoms with E-state index in [0.29, 0.717) is 6.42 Å². The van der Waals surface area contributed by atoms with E-state index in [1.54, 1.807) is 7.11 Å². The minimum Gasteiger partial charge on any atom is -0.497 e. The van der Waals surface area contributed by atoms with Crippen molar-refractivity contribution in [2.75, 3.05) is 12.4 Å². The van der Waals surface area contributed by atoms with Gasteiger partial charge >= 0.3 is 0 Å². The molecule has 0 aromatic heterocycles. The normalized spacial score (nSPS) is 16.4. The molecule has 1 heterocycles. The van der Waals surface area contributed by atoms with Gasteiger partial charge in [0, 0.05) is 5.69 Å². The van der Waals surface area contributed by atoms with Gasteiger partial charge in [0.15, 0.2) is 6.10 Å². The maximum Gasteiger partial charge on any atom is 0.265 e. The maximum absolute atomic E-state index is 12.3. The second-order valence-electron chi connectivity index (χ2n) is 5.47. The lowest BCUT2D eigenvalue weighted by atomic mass is 10.00.